The monoisotopic (exact) mass is 399 g/mol. The fourth-order valence-electron chi connectivity index (χ4n) is 4.20. The van der Waals surface area contributed by atoms with Crippen LogP contribution in [0.5, 0.6) is 0 Å². The van der Waals surface area contributed by atoms with E-state index in [0.29, 0.717) is 12.8 Å². The summed E-state index contributed by atoms with van der Waals surface area (Å²) in [6.07, 6.45) is 0.696. The molecule has 4 heteroatoms. The molecule has 0 saturated carbocycles. The van der Waals surface area contributed by atoms with E-state index in [1.54, 1.807) is 6.92 Å². The molecule has 1 atom stereocenters. The zero-order valence-corrected chi connectivity index (χ0v) is 17.0. The number of amides is 1. The van der Waals surface area contributed by atoms with Crippen LogP contribution in [-0.4, -0.2) is 24.5 Å². The van der Waals surface area contributed by atoms with Crippen LogP contribution in [-0.2, 0) is 20.7 Å². The van der Waals surface area contributed by atoms with E-state index in [0.717, 1.165) is 16.7 Å². The first-order valence-corrected chi connectivity index (χ1v) is 10.4. The third-order valence-electron chi connectivity index (χ3n) is 5.54. The first-order valence-electron chi connectivity index (χ1n) is 10.4. The molecule has 0 unspecified atom stereocenters. The molecule has 0 aromatic heterocycles. The highest BCUT2D eigenvalue weighted by Gasteiger charge is 2.31. The first kappa shape index (κ1) is 19.9. The SMILES string of the molecule is CCOC(=O)[C@@H](Cc1ccccc1)NC(=O)CC1c2ccccc2-c2ccccc21. The van der Waals surface area contributed by atoms with Gasteiger partial charge in [-0.15, -0.1) is 0 Å². The highest BCUT2D eigenvalue weighted by molar-refractivity contribution is 5.87. The molecular formula is C26H25NO3. The van der Waals surface area contributed by atoms with Crippen LogP contribution in [0.2, 0.25) is 0 Å². The van der Waals surface area contributed by atoms with E-state index in [2.05, 4.69) is 29.6 Å². The summed E-state index contributed by atoms with van der Waals surface area (Å²) in [7, 11) is 0. The summed E-state index contributed by atoms with van der Waals surface area (Å²) in [6.45, 7) is 2.05. The lowest BCUT2D eigenvalue weighted by atomic mass is 9.93. The molecule has 0 bridgehead atoms. The lowest BCUT2D eigenvalue weighted by Gasteiger charge is -2.19. The van der Waals surface area contributed by atoms with E-state index in [4.69, 9.17) is 4.74 Å². The highest BCUT2D eigenvalue weighted by Crippen LogP contribution is 2.45. The van der Waals surface area contributed by atoms with Gasteiger partial charge >= 0.3 is 5.97 Å². The number of rotatable bonds is 7. The molecule has 0 heterocycles. The van der Waals surface area contributed by atoms with Crippen molar-refractivity contribution in [3.05, 3.63) is 95.6 Å². The number of nitrogens with one attached hydrogen (secondary N) is 1. The normalized spacial score (nSPS) is 13.2. The van der Waals surface area contributed by atoms with Gasteiger partial charge in [-0.1, -0.05) is 78.9 Å². The molecule has 0 aliphatic heterocycles. The van der Waals surface area contributed by atoms with Gasteiger partial charge in [0, 0.05) is 18.8 Å². The smallest absolute Gasteiger partial charge is 0.328 e. The fourth-order valence-corrected chi connectivity index (χ4v) is 4.20. The van der Waals surface area contributed by atoms with Crippen molar-refractivity contribution >= 4 is 11.9 Å². The van der Waals surface area contributed by atoms with E-state index in [1.807, 2.05) is 54.6 Å². The Balaban J connectivity index is 1.53. The summed E-state index contributed by atoms with van der Waals surface area (Å²) in [6, 6.07) is 25.4. The molecule has 152 valence electrons. The van der Waals surface area contributed by atoms with Gasteiger partial charge in [0.25, 0.3) is 0 Å². The molecule has 1 aliphatic carbocycles. The number of carbonyl (C=O) groups excluding carboxylic acids is 2. The molecular weight excluding hydrogens is 374 g/mol. The minimum atomic E-state index is -0.702. The Labute approximate surface area is 176 Å². The van der Waals surface area contributed by atoms with Gasteiger partial charge in [-0.2, -0.15) is 0 Å². The predicted octanol–water partition coefficient (Wildman–Crippen LogP) is 4.48. The Morgan fingerprint density at radius 3 is 2.03 bits per heavy atom. The number of hydrogen-bond acceptors (Lipinski definition) is 3. The lowest BCUT2D eigenvalue weighted by Crippen LogP contribution is -2.43. The molecule has 1 amide bonds. The molecule has 3 aromatic carbocycles. The second kappa shape index (κ2) is 8.95. The summed E-state index contributed by atoms with van der Waals surface area (Å²) in [5.41, 5.74) is 5.65. The summed E-state index contributed by atoms with van der Waals surface area (Å²) in [5, 5.41) is 2.93. The molecule has 1 aliphatic rings. The quantitative estimate of drug-likeness (QED) is 0.596. The molecule has 1 N–H and O–H groups in total. The third-order valence-corrected chi connectivity index (χ3v) is 5.54. The molecule has 0 radical (unpaired) electrons. The van der Waals surface area contributed by atoms with Gasteiger partial charge in [0.1, 0.15) is 6.04 Å². The van der Waals surface area contributed by atoms with E-state index in [-0.39, 0.29) is 18.4 Å². The summed E-state index contributed by atoms with van der Waals surface area (Å²) < 4.78 is 5.21. The van der Waals surface area contributed by atoms with Crippen molar-refractivity contribution in [2.75, 3.05) is 6.61 Å². The van der Waals surface area contributed by atoms with Gasteiger partial charge in [0.2, 0.25) is 5.91 Å². The average molecular weight is 399 g/mol. The second-order valence-corrected chi connectivity index (χ2v) is 7.49. The van der Waals surface area contributed by atoms with Crippen molar-refractivity contribution in [2.45, 2.75) is 31.7 Å². The van der Waals surface area contributed by atoms with E-state index < -0.39 is 12.0 Å². The molecule has 0 saturated heterocycles. The van der Waals surface area contributed by atoms with Crippen molar-refractivity contribution in [1.82, 2.24) is 5.32 Å². The maximum absolute atomic E-state index is 13.0. The number of benzene rings is 3. The molecule has 4 rings (SSSR count). The Hall–Kier alpha value is -3.40. The summed E-state index contributed by atoms with van der Waals surface area (Å²) in [4.78, 5) is 25.5. The van der Waals surface area contributed by atoms with Crippen LogP contribution >= 0.6 is 0 Å². The molecule has 0 spiro atoms. The molecule has 30 heavy (non-hydrogen) atoms. The summed E-state index contributed by atoms with van der Waals surface area (Å²) in [5.74, 6) is -0.570. The largest absolute Gasteiger partial charge is 0.464 e. The number of hydrogen-bond donors (Lipinski definition) is 1. The molecule has 3 aromatic rings. The molecule has 0 fully saturated rings. The van der Waals surface area contributed by atoms with Gasteiger partial charge in [0.05, 0.1) is 6.61 Å². The van der Waals surface area contributed by atoms with Crippen LogP contribution in [0.25, 0.3) is 11.1 Å². The minimum absolute atomic E-state index is 0.0167. The Bertz CT molecular complexity index is 999. The van der Waals surface area contributed by atoms with Crippen LogP contribution < -0.4 is 5.32 Å². The maximum Gasteiger partial charge on any atom is 0.328 e. The standard InChI is InChI=1S/C26H25NO3/c1-2-30-26(29)24(16-18-10-4-3-5-11-18)27-25(28)17-23-21-14-8-6-12-19(21)20-13-7-9-15-22(20)23/h3-15,23-24H,2,16-17H2,1H3,(H,27,28)/t24-/m1/s1. The maximum atomic E-state index is 13.0. The number of ether oxygens (including phenoxy) is 1. The number of fused-ring (bicyclic) bond motifs is 3. The van der Waals surface area contributed by atoms with Gasteiger partial charge in [-0.25, -0.2) is 4.79 Å². The zero-order valence-electron chi connectivity index (χ0n) is 17.0. The van der Waals surface area contributed by atoms with Crippen LogP contribution in [0.4, 0.5) is 0 Å². The second-order valence-electron chi connectivity index (χ2n) is 7.49. The van der Waals surface area contributed by atoms with Crippen LogP contribution in [0.3, 0.4) is 0 Å². The van der Waals surface area contributed by atoms with Crippen molar-refractivity contribution in [3.8, 4) is 11.1 Å². The third kappa shape index (κ3) is 4.13. The van der Waals surface area contributed by atoms with Crippen molar-refractivity contribution in [3.63, 3.8) is 0 Å². The van der Waals surface area contributed by atoms with Gasteiger partial charge in [-0.3, -0.25) is 4.79 Å². The lowest BCUT2D eigenvalue weighted by molar-refractivity contribution is -0.147. The molecule has 4 nitrogen and oxygen atoms in total. The van der Waals surface area contributed by atoms with Gasteiger partial charge in [0.15, 0.2) is 0 Å². The number of esters is 1. The Morgan fingerprint density at radius 2 is 1.43 bits per heavy atom. The van der Waals surface area contributed by atoms with E-state index >= 15 is 0 Å². The van der Waals surface area contributed by atoms with Crippen LogP contribution in [0.15, 0.2) is 78.9 Å². The topological polar surface area (TPSA) is 55.4 Å². The average Bonchev–Trinajstić information content (AvgIpc) is 3.08. The van der Waals surface area contributed by atoms with Crippen molar-refractivity contribution < 1.29 is 14.3 Å². The predicted molar refractivity (Wildman–Crippen MR) is 117 cm³/mol. The first-order chi connectivity index (χ1) is 14.7. The fraction of sp³-hybridized carbons (Fsp3) is 0.231. The number of carbonyl (C=O) groups is 2. The van der Waals surface area contributed by atoms with Crippen molar-refractivity contribution in [1.29, 1.82) is 0 Å². The van der Waals surface area contributed by atoms with E-state index in [9.17, 15) is 9.59 Å². The summed E-state index contributed by atoms with van der Waals surface area (Å²) >= 11 is 0. The minimum Gasteiger partial charge on any atom is -0.464 e. The zero-order chi connectivity index (χ0) is 20.9. The van der Waals surface area contributed by atoms with Crippen molar-refractivity contribution in [2.24, 2.45) is 0 Å². The van der Waals surface area contributed by atoms with Gasteiger partial charge in [-0.05, 0) is 34.7 Å². The Morgan fingerprint density at radius 1 is 0.867 bits per heavy atom. The highest BCUT2D eigenvalue weighted by atomic mass is 16.5. The van der Waals surface area contributed by atoms with Crippen LogP contribution in [0, 0.1) is 0 Å². The Kier molecular flexibility index (Phi) is 5.94. The van der Waals surface area contributed by atoms with Crippen LogP contribution in [0.1, 0.15) is 36.0 Å². The van der Waals surface area contributed by atoms with Gasteiger partial charge < -0.3 is 10.1 Å². The van der Waals surface area contributed by atoms with E-state index in [1.165, 1.54) is 11.1 Å².